The Hall–Kier alpha value is -1.91. The molecule has 2 aromatic rings. The van der Waals surface area contributed by atoms with E-state index in [-0.39, 0.29) is 18.0 Å². The first-order chi connectivity index (χ1) is 11.7. The normalized spacial score (nSPS) is 12.5. The van der Waals surface area contributed by atoms with Gasteiger partial charge in [-0.05, 0) is 26.1 Å². The van der Waals surface area contributed by atoms with Crippen LogP contribution in [0.1, 0.15) is 5.69 Å². The van der Waals surface area contributed by atoms with Crippen molar-refractivity contribution < 1.29 is 17.2 Å². The molecular weight excluding hydrogens is 352 g/mol. The van der Waals surface area contributed by atoms with Crippen molar-refractivity contribution in [2.45, 2.75) is 18.2 Å². The van der Waals surface area contributed by atoms with Gasteiger partial charge < -0.3 is 0 Å². The lowest BCUT2D eigenvalue weighted by molar-refractivity contribution is 0.0990. The van der Waals surface area contributed by atoms with Crippen LogP contribution in [0.2, 0.25) is 0 Å². The molecule has 0 atom stereocenters. The summed E-state index contributed by atoms with van der Waals surface area (Å²) in [4.78, 5) is 5.61. The number of likely N-dealkylation sites (N-methyl/N-ethyl adjacent to an activating group) is 2. The van der Waals surface area contributed by atoms with Gasteiger partial charge in [0.25, 0.3) is 6.43 Å². The van der Waals surface area contributed by atoms with Gasteiger partial charge in [-0.1, -0.05) is 6.07 Å². The van der Waals surface area contributed by atoms with Gasteiger partial charge in [0.1, 0.15) is 4.90 Å². The highest BCUT2D eigenvalue weighted by molar-refractivity contribution is 7.89. The molecule has 2 heterocycles. The maximum absolute atomic E-state index is 12.7. The fourth-order valence-corrected chi connectivity index (χ4v) is 3.58. The van der Waals surface area contributed by atoms with Gasteiger partial charge >= 0.3 is 0 Å². The summed E-state index contributed by atoms with van der Waals surface area (Å²) in [5.74, 6) is 0.515. The first-order valence-electron chi connectivity index (χ1n) is 7.62. The van der Waals surface area contributed by atoms with Crippen molar-refractivity contribution in [3.63, 3.8) is 0 Å². The Morgan fingerprint density at radius 1 is 1.24 bits per heavy atom. The largest absolute Gasteiger partial charge is 0.300 e. The molecule has 0 unspecified atom stereocenters. The highest BCUT2D eigenvalue weighted by atomic mass is 32.2. The number of hydrogen-bond acceptors (Lipinski definition) is 5. The van der Waals surface area contributed by atoms with Gasteiger partial charge in [-0.3, -0.25) is 4.90 Å². The van der Waals surface area contributed by atoms with Crippen molar-refractivity contribution in [2.24, 2.45) is 0 Å². The minimum atomic E-state index is -3.77. The van der Waals surface area contributed by atoms with Gasteiger partial charge in [0, 0.05) is 26.3 Å². The number of sulfonamides is 1. The van der Waals surface area contributed by atoms with Crippen LogP contribution in [0.3, 0.4) is 0 Å². The molecule has 0 aliphatic heterocycles. The van der Waals surface area contributed by atoms with Crippen LogP contribution in [-0.4, -0.2) is 72.5 Å². The Morgan fingerprint density at radius 3 is 2.56 bits per heavy atom. The van der Waals surface area contributed by atoms with E-state index in [4.69, 9.17) is 0 Å². The Kier molecular flexibility index (Phi) is 6.20. The molecule has 0 aromatic carbocycles. The van der Waals surface area contributed by atoms with E-state index >= 15 is 0 Å². The molecule has 0 aliphatic carbocycles. The maximum Gasteiger partial charge on any atom is 0.251 e. The minimum absolute atomic E-state index is 0.0668. The van der Waals surface area contributed by atoms with Crippen LogP contribution in [0.4, 0.5) is 8.78 Å². The summed E-state index contributed by atoms with van der Waals surface area (Å²) in [6.45, 7) is 1.54. The number of aromatic nitrogens is 3. The topological polar surface area (TPSA) is 71.3 Å². The van der Waals surface area contributed by atoms with Crippen LogP contribution in [0.25, 0.3) is 5.82 Å². The van der Waals surface area contributed by atoms with E-state index in [1.54, 1.807) is 31.3 Å². The van der Waals surface area contributed by atoms with Gasteiger partial charge in [-0.25, -0.2) is 26.9 Å². The second-order valence-corrected chi connectivity index (χ2v) is 7.69. The van der Waals surface area contributed by atoms with Crippen LogP contribution in [-0.2, 0) is 10.0 Å². The molecule has 0 aliphatic rings. The molecule has 0 saturated carbocycles. The van der Waals surface area contributed by atoms with E-state index in [1.807, 2.05) is 0 Å². The first kappa shape index (κ1) is 19.4. The number of hydrogen-bond donors (Lipinski definition) is 0. The van der Waals surface area contributed by atoms with Crippen LogP contribution < -0.4 is 0 Å². The van der Waals surface area contributed by atoms with Crippen molar-refractivity contribution in [1.82, 2.24) is 24.0 Å². The van der Waals surface area contributed by atoms with Crippen LogP contribution in [0.15, 0.2) is 35.5 Å². The third-order valence-electron chi connectivity index (χ3n) is 3.77. The van der Waals surface area contributed by atoms with E-state index in [2.05, 4.69) is 10.1 Å². The van der Waals surface area contributed by atoms with Gasteiger partial charge in [-0.15, -0.1) is 0 Å². The fraction of sp³-hybridized carbons (Fsp3) is 0.467. The summed E-state index contributed by atoms with van der Waals surface area (Å²) in [5, 5.41) is 4.11. The maximum atomic E-state index is 12.7. The molecule has 0 saturated heterocycles. The summed E-state index contributed by atoms with van der Waals surface area (Å²) in [7, 11) is -0.828. The van der Waals surface area contributed by atoms with Crippen LogP contribution in [0, 0.1) is 6.92 Å². The Balaban J connectivity index is 2.16. The van der Waals surface area contributed by atoms with Crippen LogP contribution in [0.5, 0.6) is 0 Å². The molecule has 138 valence electrons. The van der Waals surface area contributed by atoms with E-state index in [0.717, 1.165) is 4.31 Å². The van der Waals surface area contributed by atoms with Gasteiger partial charge in [0.15, 0.2) is 5.82 Å². The number of pyridine rings is 1. The van der Waals surface area contributed by atoms with Crippen molar-refractivity contribution >= 4 is 10.0 Å². The molecule has 10 heteroatoms. The van der Waals surface area contributed by atoms with Gasteiger partial charge in [-0.2, -0.15) is 9.40 Å². The molecule has 25 heavy (non-hydrogen) atoms. The van der Waals surface area contributed by atoms with E-state index < -0.39 is 23.0 Å². The molecule has 0 radical (unpaired) electrons. The third-order valence-corrected chi connectivity index (χ3v) is 5.73. The lowest BCUT2D eigenvalue weighted by Crippen LogP contribution is -2.36. The average Bonchev–Trinajstić information content (AvgIpc) is 2.95. The molecule has 0 N–H and O–H groups in total. The zero-order valence-electron chi connectivity index (χ0n) is 14.3. The summed E-state index contributed by atoms with van der Waals surface area (Å²) < 4.78 is 52.7. The lowest BCUT2D eigenvalue weighted by atomic mass is 10.4. The molecule has 0 amide bonds. The van der Waals surface area contributed by atoms with E-state index in [0.29, 0.717) is 11.5 Å². The van der Waals surface area contributed by atoms with Crippen molar-refractivity contribution in [2.75, 3.05) is 33.7 Å². The molecular formula is C15H21F2N5O2S. The van der Waals surface area contributed by atoms with Gasteiger partial charge in [0.05, 0.1) is 18.4 Å². The van der Waals surface area contributed by atoms with E-state index in [1.165, 1.54) is 29.9 Å². The molecule has 0 bridgehead atoms. The molecule has 7 nitrogen and oxygen atoms in total. The number of nitrogens with zero attached hydrogens (tertiary/aromatic N) is 5. The quantitative estimate of drug-likeness (QED) is 0.699. The summed E-state index contributed by atoms with van der Waals surface area (Å²) in [5.41, 5.74) is 0.437. The van der Waals surface area contributed by atoms with Gasteiger partial charge in [0.2, 0.25) is 10.0 Å². The first-order valence-corrected chi connectivity index (χ1v) is 9.06. The molecule has 0 fully saturated rings. The monoisotopic (exact) mass is 373 g/mol. The zero-order chi connectivity index (χ0) is 18.6. The number of alkyl halides is 2. The number of halogens is 2. The zero-order valence-corrected chi connectivity index (χ0v) is 15.1. The highest BCUT2D eigenvalue weighted by Gasteiger charge is 2.26. The SMILES string of the molecule is Cc1c(S(=O)(=O)N(C)CCN(C)CC(F)F)cnn1-c1ccccn1. The highest BCUT2D eigenvalue weighted by Crippen LogP contribution is 2.20. The average molecular weight is 373 g/mol. The summed E-state index contributed by atoms with van der Waals surface area (Å²) in [6, 6.07) is 5.26. The second-order valence-electron chi connectivity index (χ2n) is 5.67. The third kappa shape index (κ3) is 4.59. The predicted molar refractivity (Wildman–Crippen MR) is 89.4 cm³/mol. The Bertz CT molecular complexity index is 796. The molecule has 2 aromatic heterocycles. The predicted octanol–water partition coefficient (Wildman–Crippen LogP) is 1.39. The standard InChI is InChI=1S/C15H21F2N5O2S/c1-12-13(10-19-22(12)15-6-4-5-7-18-15)25(23,24)21(3)9-8-20(2)11-14(16)17/h4-7,10,14H,8-9,11H2,1-3H3. The summed E-state index contributed by atoms with van der Waals surface area (Å²) >= 11 is 0. The molecule has 2 rings (SSSR count). The Morgan fingerprint density at radius 2 is 1.96 bits per heavy atom. The number of rotatable bonds is 8. The smallest absolute Gasteiger partial charge is 0.251 e. The van der Waals surface area contributed by atoms with Crippen molar-refractivity contribution in [1.29, 1.82) is 0 Å². The van der Waals surface area contributed by atoms with Crippen molar-refractivity contribution in [3.05, 3.63) is 36.3 Å². The second kappa shape index (κ2) is 7.98. The Labute approximate surface area is 145 Å². The lowest BCUT2D eigenvalue weighted by Gasteiger charge is -2.21. The van der Waals surface area contributed by atoms with Crippen LogP contribution >= 0.6 is 0 Å². The van der Waals surface area contributed by atoms with E-state index in [9.17, 15) is 17.2 Å². The molecule has 0 spiro atoms. The minimum Gasteiger partial charge on any atom is -0.300 e. The summed E-state index contributed by atoms with van der Waals surface area (Å²) in [6.07, 6.45) is 0.416. The fourth-order valence-electron chi connectivity index (χ4n) is 2.28. The van der Waals surface area contributed by atoms with Crippen molar-refractivity contribution in [3.8, 4) is 5.82 Å².